The summed E-state index contributed by atoms with van der Waals surface area (Å²) in [4.78, 5) is 15.4. The quantitative estimate of drug-likeness (QED) is 0.441. The third kappa shape index (κ3) is 5.04. The van der Waals surface area contributed by atoms with E-state index in [1.165, 1.54) is 6.07 Å². The second-order valence-electron chi connectivity index (χ2n) is 9.69. The van der Waals surface area contributed by atoms with E-state index in [0.29, 0.717) is 35.1 Å². The van der Waals surface area contributed by atoms with E-state index in [-0.39, 0.29) is 41.0 Å². The van der Waals surface area contributed by atoms with Crippen LogP contribution in [0.4, 0.5) is 0 Å². The number of benzene rings is 2. The number of nitrogens with zero attached hydrogens (tertiary/aromatic N) is 4. The lowest BCUT2D eigenvalue weighted by Crippen LogP contribution is -2.35. The molecule has 0 unspecified atom stereocenters. The van der Waals surface area contributed by atoms with E-state index >= 15 is 0 Å². The molecular formula is C26H30ClN5O4. The van der Waals surface area contributed by atoms with Crippen LogP contribution in [0, 0.1) is 0 Å². The first-order valence-corrected chi connectivity index (χ1v) is 12.6. The smallest absolute Gasteiger partial charge is 0.289 e. The maximum Gasteiger partial charge on any atom is 0.289 e. The Bertz CT molecular complexity index is 1280. The number of amides is 1. The SMILES string of the molecule is CC(C)c1cc(-c2nnc(C(=O)NC3CC3)n2-c2ccc(CN3CCOCC3)cc2Cl)c(O)cc1O. The fourth-order valence-corrected chi connectivity index (χ4v) is 4.68. The average Bonchev–Trinajstić information content (AvgIpc) is 3.55. The second kappa shape index (κ2) is 10.1. The molecule has 2 aromatic carbocycles. The van der Waals surface area contributed by atoms with Gasteiger partial charge in [-0.1, -0.05) is 31.5 Å². The second-order valence-corrected chi connectivity index (χ2v) is 10.1. The van der Waals surface area contributed by atoms with Crippen LogP contribution in [0.1, 0.15) is 54.4 Å². The lowest BCUT2D eigenvalue weighted by molar-refractivity contribution is 0.0342. The van der Waals surface area contributed by atoms with Crippen molar-refractivity contribution < 1.29 is 19.7 Å². The zero-order valence-corrected chi connectivity index (χ0v) is 21.1. The predicted octanol–water partition coefficient (Wildman–Crippen LogP) is 3.85. The number of carbonyl (C=O) groups is 1. The molecule has 2 fully saturated rings. The van der Waals surface area contributed by atoms with Gasteiger partial charge in [0.25, 0.3) is 5.91 Å². The fraction of sp³-hybridized carbons (Fsp3) is 0.423. The van der Waals surface area contributed by atoms with E-state index in [9.17, 15) is 15.0 Å². The molecule has 1 aromatic heterocycles. The summed E-state index contributed by atoms with van der Waals surface area (Å²) < 4.78 is 7.01. The van der Waals surface area contributed by atoms with Crippen molar-refractivity contribution in [1.82, 2.24) is 25.0 Å². The van der Waals surface area contributed by atoms with Gasteiger partial charge in [-0.2, -0.15) is 0 Å². The Morgan fingerprint density at radius 2 is 1.89 bits per heavy atom. The minimum Gasteiger partial charge on any atom is -0.508 e. The topological polar surface area (TPSA) is 113 Å². The van der Waals surface area contributed by atoms with Crippen LogP contribution in [-0.4, -0.2) is 68.1 Å². The van der Waals surface area contributed by atoms with Crippen LogP contribution in [-0.2, 0) is 11.3 Å². The van der Waals surface area contributed by atoms with Gasteiger partial charge in [0, 0.05) is 31.7 Å². The van der Waals surface area contributed by atoms with Crippen LogP contribution in [0.25, 0.3) is 17.1 Å². The molecule has 3 N–H and O–H groups in total. The number of phenolic OH excluding ortho intramolecular Hbond substituents is 2. The van der Waals surface area contributed by atoms with Gasteiger partial charge in [-0.25, -0.2) is 0 Å². The summed E-state index contributed by atoms with van der Waals surface area (Å²) in [6.45, 7) is 7.77. The van der Waals surface area contributed by atoms with Gasteiger partial charge in [-0.3, -0.25) is 14.3 Å². The Morgan fingerprint density at radius 3 is 2.56 bits per heavy atom. The summed E-state index contributed by atoms with van der Waals surface area (Å²) in [7, 11) is 0. The Kier molecular flexibility index (Phi) is 6.87. The van der Waals surface area contributed by atoms with E-state index < -0.39 is 0 Å². The number of nitrogens with one attached hydrogen (secondary N) is 1. The number of ether oxygens (including phenoxy) is 1. The summed E-state index contributed by atoms with van der Waals surface area (Å²) in [6.07, 6.45) is 1.86. The number of hydrogen-bond donors (Lipinski definition) is 3. The molecule has 190 valence electrons. The van der Waals surface area contributed by atoms with Crippen molar-refractivity contribution in [2.24, 2.45) is 0 Å². The van der Waals surface area contributed by atoms with Gasteiger partial charge in [0.1, 0.15) is 11.5 Å². The molecular weight excluding hydrogens is 482 g/mol. The molecule has 0 radical (unpaired) electrons. The van der Waals surface area contributed by atoms with Crippen LogP contribution in [0.3, 0.4) is 0 Å². The van der Waals surface area contributed by atoms with E-state index in [2.05, 4.69) is 20.4 Å². The number of hydrogen-bond acceptors (Lipinski definition) is 7. The molecule has 2 heterocycles. The van der Waals surface area contributed by atoms with Crippen molar-refractivity contribution in [3.63, 3.8) is 0 Å². The summed E-state index contributed by atoms with van der Waals surface area (Å²) in [6, 6.07) is 8.81. The number of carbonyl (C=O) groups excluding carboxylic acids is 1. The molecule has 1 aliphatic heterocycles. The standard InChI is InChI=1S/C26H30ClN5O4/c1-15(2)18-12-19(23(34)13-22(18)33)24-29-30-25(26(35)28-17-4-5-17)32(24)21-6-3-16(11-20(21)27)14-31-7-9-36-10-8-31/h3,6,11-13,15,17,33-34H,4-5,7-10,14H2,1-2H3,(H,28,35). The molecule has 1 amide bonds. The number of aromatic nitrogens is 3. The Balaban J connectivity index is 1.58. The molecule has 0 bridgehead atoms. The van der Waals surface area contributed by atoms with Crippen molar-refractivity contribution in [2.75, 3.05) is 26.3 Å². The number of halogens is 1. The third-order valence-corrected chi connectivity index (χ3v) is 6.85. The first-order chi connectivity index (χ1) is 17.3. The number of rotatable bonds is 7. The highest BCUT2D eigenvalue weighted by molar-refractivity contribution is 6.32. The van der Waals surface area contributed by atoms with Gasteiger partial charge in [0.15, 0.2) is 5.82 Å². The van der Waals surface area contributed by atoms with Crippen molar-refractivity contribution in [2.45, 2.75) is 45.2 Å². The molecule has 2 aliphatic rings. The largest absolute Gasteiger partial charge is 0.508 e. The van der Waals surface area contributed by atoms with Crippen LogP contribution < -0.4 is 5.32 Å². The minimum absolute atomic E-state index is 0.00131. The van der Waals surface area contributed by atoms with Gasteiger partial charge >= 0.3 is 0 Å². The lowest BCUT2D eigenvalue weighted by Gasteiger charge is -2.26. The average molecular weight is 512 g/mol. The molecule has 1 aliphatic carbocycles. The summed E-state index contributed by atoms with van der Waals surface area (Å²) in [5.74, 6) is -0.181. The van der Waals surface area contributed by atoms with Gasteiger partial charge in [0.2, 0.25) is 5.82 Å². The summed E-state index contributed by atoms with van der Waals surface area (Å²) >= 11 is 6.79. The molecule has 1 saturated carbocycles. The highest BCUT2D eigenvalue weighted by atomic mass is 35.5. The van der Waals surface area contributed by atoms with Crippen molar-refractivity contribution in [3.05, 3.63) is 52.3 Å². The molecule has 5 rings (SSSR count). The van der Waals surface area contributed by atoms with Crippen LogP contribution >= 0.6 is 11.6 Å². The van der Waals surface area contributed by atoms with Gasteiger partial charge in [-0.05, 0) is 48.1 Å². The molecule has 36 heavy (non-hydrogen) atoms. The molecule has 1 saturated heterocycles. The maximum atomic E-state index is 13.1. The predicted molar refractivity (Wildman–Crippen MR) is 136 cm³/mol. The van der Waals surface area contributed by atoms with Crippen molar-refractivity contribution in [3.8, 4) is 28.6 Å². The Morgan fingerprint density at radius 1 is 1.14 bits per heavy atom. The van der Waals surface area contributed by atoms with Crippen LogP contribution in [0.15, 0.2) is 30.3 Å². The Hall–Kier alpha value is -3.14. The van der Waals surface area contributed by atoms with E-state index in [0.717, 1.165) is 38.0 Å². The van der Waals surface area contributed by atoms with E-state index in [4.69, 9.17) is 16.3 Å². The first-order valence-electron chi connectivity index (χ1n) is 12.2. The molecule has 0 atom stereocenters. The van der Waals surface area contributed by atoms with Gasteiger partial charge in [0.05, 0.1) is 29.5 Å². The highest BCUT2D eigenvalue weighted by Crippen LogP contribution is 2.39. The zero-order chi connectivity index (χ0) is 25.4. The van der Waals surface area contributed by atoms with E-state index in [1.807, 2.05) is 32.0 Å². The van der Waals surface area contributed by atoms with Crippen molar-refractivity contribution >= 4 is 17.5 Å². The molecule has 0 spiro atoms. The summed E-state index contributed by atoms with van der Waals surface area (Å²) in [5.41, 5.74) is 2.57. The zero-order valence-electron chi connectivity index (χ0n) is 20.4. The highest BCUT2D eigenvalue weighted by Gasteiger charge is 2.29. The van der Waals surface area contributed by atoms with Gasteiger partial charge < -0.3 is 20.3 Å². The normalized spacial score (nSPS) is 16.4. The lowest BCUT2D eigenvalue weighted by atomic mass is 9.98. The molecule has 3 aromatic rings. The minimum atomic E-state index is -0.355. The van der Waals surface area contributed by atoms with Crippen LogP contribution in [0.5, 0.6) is 11.5 Å². The van der Waals surface area contributed by atoms with Crippen molar-refractivity contribution in [1.29, 1.82) is 0 Å². The number of aromatic hydroxyl groups is 2. The van der Waals surface area contributed by atoms with E-state index in [1.54, 1.807) is 10.6 Å². The summed E-state index contributed by atoms with van der Waals surface area (Å²) in [5, 5.41) is 32.9. The molecule has 10 heteroatoms. The van der Waals surface area contributed by atoms with Crippen LogP contribution in [0.2, 0.25) is 5.02 Å². The number of morpholine rings is 1. The maximum absolute atomic E-state index is 13.1. The van der Waals surface area contributed by atoms with Gasteiger partial charge in [-0.15, -0.1) is 10.2 Å². The Labute approximate surface area is 214 Å². The molecule has 9 nitrogen and oxygen atoms in total. The number of phenols is 2. The first kappa shape index (κ1) is 24.5. The monoisotopic (exact) mass is 511 g/mol. The fourth-order valence-electron chi connectivity index (χ4n) is 4.39. The third-order valence-electron chi connectivity index (χ3n) is 6.55.